The molecule has 1 aromatic rings. The number of carbonyl (C=O) groups is 1. The second kappa shape index (κ2) is 7.36. The Labute approximate surface area is 150 Å². The first-order valence-corrected chi connectivity index (χ1v) is 10.9. The van der Waals surface area contributed by atoms with E-state index in [1.165, 1.54) is 0 Å². The van der Waals surface area contributed by atoms with Gasteiger partial charge < -0.3 is 9.64 Å². The van der Waals surface area contributed by atoms with Crippen LogP contribution in [0.2, 0.25) is 0 Å². The molecule has 1 atom stereocenters. The Morgan fingerprint density at radius 3 is 2.52 bits per heavy atom. The monoisotopic (exact) mass is 365 g/mol. The van der Waals surface area contributed by atoms with Crippen LogP contribution in [0, 0.1) is 13.8 Å². The van der Waals surface area contributed by atoms with Crippen LogP contribution >= 0.6 is 0 Å². The van der Waals surface area contributed by atoms with Crippen molar-refractivity contribution < 1.29 is 17.9 Å². The SMILES string of the molecule is Cc1ccc(C)c(OCC(=O)N(C2CCCC2)C2CCS(=O)(=O)C2)c1. The van der Waals surface area contributed by atoms with Gasteiger partial charge in [-0.05, 0) is 50.3 Å². The fourth-order valence-corrected chi connectivity index (χ4v) is 5.67. The average molecular weight is 365 g/mol. The van der Waals surface area contributed by atoms with E-state index in [9.17, 15) is 13.2 Å². The molecule has 1 heterocycles. The molecule has 3 rings (SSSR count). The summed E-state index contributed by atoms with van der Waals surface area (Å²) in [6.07, 6.45) is 4.68. The van der Waals surface area contributed by atoms with E-state index in [4.69, 9.17) is 4.74 Å². The van der Waals surface area contributed by atoms with Crippen LogP contribution in [0.1, 0.15) is 43.2 Å². The lowest BCUT2D eigenvalue weighted by Gasteiger charge is -2.34. The van der Waals surface area contributed by atoms with Crippen molar-refractivity contribution in [1.29, 1.82) is 0 Å². The fraction of sp³-hybridized carbons (Fsp3) is 0.632. The van der Waals surface area contributed by atoms with Crippen molar-refractivity contribution in [2.75, 3.05) is 18.1 Å². The average Bonchev–Trinajstić information content (AvgIpc) is 3.19. The van der Waals surface area contributed by atoms with Gasteiger partial charge in [0.05, 0.1) is 11.5 Å². The van der Waals surface area contributed by atoms with E-state index in [1.54, 1.807) is 0 Å². The lowest BCUT2D eigenvalue weighted by atomic mass is 10.1. The largest absolute Gasteiger partial charge is 0.483 e. The molecular formula is C19H27NO4S. The van der Waals surface area contributed by atoms with Gasteiger partial charge in [-0.1, -0.05) is 25.0 Å². The van der Waals surface area contributed by atoms with Crippen LogP contribution in [0.15, 0.2) is 18.2 Å². The van der Waals surface area contributed by atoms with Gasteiger partial charge in [0.25, 0.3) is 5.91 Å². The predicted molar refractivity (Wildman–Crippen MR) is 97.6 cm³/mol. The zero-order valence-electron chi connectivity index (χ0n) is 15.0. The Morgan fingerprint density at radius 2 is 1.88 bits per heavy atom. The van der Waals surface area contributed by atoms with Crippen molar-refractivity contribution in [3.63, 3.8) is 0 Å². The zero-order chi connectivity index (χ0) is 18.0. The van der Waals surface area contributed by atoms with Crippen molar-refractivity contribution in [1.82, 2.24) is 4.90 Å². The highest BCUT2D eigenvalue weighted by Gasteiger charge is 2.39. The molecule has 25 heavy (non-hydrogen) atoms. The third kappa shape index (κ3) is 4.35. The standard InChI is InChI=1S/C19H27NO4S/c1-14-7-8-15(2)18(11-14)24-12-19(21)20(16-5-3-4-6-16)17-9-10-25(22,23)13-17/h7-8,11,16-17H,3-6,9-10,12-13H2,1-2H3. The van der Waals surface area contributed by atoms with Crippen LogP contribution in [0.4, 0.5) is 0 Å². The van der Waals surface area contributed by atoms with Crippen LogP contribution < -0.4 is 4.74 Å². The minimum absolute atomic E-state index is 0.0304. The number of aryl methyl sites for hydroxylation is 2. The maximum Gasteiger partial charge on any atom is 0.261 e. The molecule has 1 saturated heterocycles. The maximum atomic E-state index is 12.9. The van der Waals surface area contributed by atoms with Gasteiger partial charge in [-0.15, -0.1) is 0 Å². The van der Waals surface area contributed by atoms with Gasteiger partial charge in [-0.3, -0.25) is 4.79 Å². The Balaban J connectivity index is 1.72. The molecule has 0 aromatic heterocycles. The highest BCUT2D eigenvalue weighted by Crippen LogP contribution is 2.29. The van der Waals surface area contributed by atoms with Crippen molar-refractivity contribution in [3.8, 4) is 5.75 Å². The Hall–Kier alpha value is -1.56. The molecule has 1 saturated carbocycles. The quantitative estimate of drug-likeness (QED) is 0.805. The fourth-order valence-electron chi connectivity index (χ4n) is 3.96. The van der Waals surface area contributed by atoms with Gasteiger partial charge in [0.1, 0.15) is 5.75 Å². The Morgan fingerprint density at radius 1 is 1.16 bits per heavy atom. The maximum absolute atomic E-state index is 12.9. The van der Waals surface area contributed by atoms with Gasteiger partial charge >= 0.3 is 0 Å². The number of nitrogens with zero attached hydrogens (tertiary/aromatic N) is 1. The second-order valence-corrected chi connectivity index (χ2v) is 9.58. The number of sulfone groups is 1. The lowest BCUT2D eigenvalue weighted by Crippen LogP contribution is -2.48. The first-order valence-electron chi connectivity index (χ1n) is 9.07. The van der Waals surface area contributed by atoms with Gasteiger partial charge in [-0.2, -0.15) is 0 Å². The molecule has 1 unspecified atom stereocenters. The van der Waals surface area contributed by atoms with Crippen molar-refractivity contribution in [3.05, 3.63) is 29.3 Å². The number of rotatable bonds is 5. The summed E-state index contributed by atoms with van der Waals surface area (Å²) >= 11 is 0. The zero-order valence-corrected chi connectivity index (χ0v) is 15.8. The minimum Gasteiger partial charge on any atom is -0.483 e. The summed E-state index contributed by atoms with van der Waals surface area (Å²) in [4.78, 5) is 14.7. The summed E-state index contributed by atoms with van der Waals surface area (Å²) < 4.78 is 29.5. The highest BCUT2D eigenvalue weighted by atomic mass is 32.2. The van der Waals surface area contributed by atoms with E-state index in [0.29, 0.717) is 6.42 Å². The molecule has 6 heteroatoms. The van der Waals surface area contributed by atoms with Crippen molar-refractivity contribution >= 4 is 15.7 Å². The Kier molecular flexibility index (Phi) is 5.37. The van der Waals surface area contributed by atoms with Gasteiger partial charge in [0.15, 0.2) is 16.4 Å². The van der Waals surface area contributed by atoms with E-state index in [2.05, 4.69) is 0 Å². The number of carbonyl (C=O) groups excluding carboxylic acids is 1. The van der Waals surface area contributed by atoms with Crippen LogP contribution in [0.5, 0.6) is 5.75 Å². The van der Waals surface area contributed by atoms with Crippen molar-refractivity contribution in [2.24, 2.45) is 0 Å². The lowest BCUT2D eigenvalue weighted by molar-refractivity contribution is -0.137. The molecule has 138 valence electrons. The first-order chi connectivity index (χ1) is 11.9. The topological polar surface area (TPSA) is 63.7 Å². The number of benzene rings is 1. The summed E-state index contributed by atoms with van der Waals surface area (Å²) in [6.45, 7) is 3.91. The Bertz CT molecular complexity index is 738. The first kappa shape index (κ1) is 18.2. The van der Waals surface area contributed by atoms with Crippen LogP contribution in [0.25, 0.3) is 0 Å². The summed E-state index contributed by atoms with van der Waals surface area (Å²) in [6, 6.07) is 5.89. The molecule has 2 fully saturated rings. The summed E-state index contributed by atoms with van der Waals surface area (Å²) in [5.74, 6) is 0.915. The molecule has 0 radical (unpaired) electrons. The van der Waals surface area contributed by atoms with E-state index in [0.717, 1.165) is 42.6 Å². The molecule has 1 amide bonds. The van der Waals surface area contributed by atoms with E-state index >= 15 is 0 Å². The molecule has 1 aliphatic heterocycles. The molecule has 2 aliphatic rings. The van der Waals surface area contributed by atoms with Crippen LogP contribution in [-0.4, -0.2) is 49.4 Å². The number of ether oxygens (including phenoxy) is 1. The second-order valence-electron chi connectivity index (χ2n) is 7.35. The molecule has 1 aromatic carbocycles. The van der Waals surface area contributed by atoms with E-state index in [1.807, 2.05) is 36.9 Å². The van der Waals surface area contributed by atoms with Gasteiger partial charge in [0, 0.05) is 12.1 Å². The third-order valence-electron chi connectivity index (χ3n) is 5.30. The number of hydrogen-bond acceptors (Lipinski definition) is 4. The molecule has 0 spiro atoms. The van der Waals surface area contributed by atoms with Crippen molar-refractivity contribution in [2.45, 2.75) is 58.0 Å². The smallest absolute Gasteiger partial charge is 0.261 e. The molecule has 0 N–H and O–H groups in total. The number of hydrogen-bond donors (Lipinski definition) is 0. The molecule has 5 nitrogen and oxygen atoms in total. The van der Waals surface area contributed by atoms with Gasteiger partial charge in [0.2, 0.25) is 0 Å². The predicted octanol–water partition coefficient (Wildman–Crippen LogP) is 2.64. The highest BCUT2D eigenvalue weighted by molar-refractivity contribution is 7.91. The molecular weight excluding hydrogens is 338 g/mol. The van der Waals surface area contributed by atoms with Gasteiger partial charge in [-0.25, -0.2) is 8.42 Å². The summed E-state index contributed by atoms with van der Waals surface area (Å²) in [5.41, 5.74) is 2.08. The third-order valence-corrected chi connectivity index (χ3v) is 7.05. The normalized spacial score (nSPS) is 22.9. The minimum atomic E-state index is -3.02. The van der Waals surface area contributed by atoms with Crippen LogP contribution in [0.3, 0.4) is 0 Å². The summed E-state index contributed by atoms with van der Waals surface area (Å²) in [5, 5.41) is 0. The molecule has 1 aliphatic carbocycles. The molecule has 0 bridgehead atoms. The van der Waals surface area contributed by atoms with Crippen LogP contribution in [-0.2, 0) is 14.6 Å². The van der Waals surface area contributed by atoms with E-state index < -0.39 is 9.84 Å². The summed E-state index contributed by atoms with van der Waals surface area (Å²) in [7, 11) is -3.02. The van der Waals surface area contributed by atoms with E-state index in [-0.39, 0.29) is 36.1 Å². The number of amides is 1.